The fourth-order valence-electron chi connectivity index (χ4n) is 1.55. The molecule has 0 aliphatic carbocycles. The van der Waals surface area contributed by atoms with Crippen LogP contribution in [0.5, 0.6) is 0 Å². The Morgan fingerprint density at radius 1 is 1.62 bits per heavy atom. The predicted octanol–water partition coefficient (Wildman–Crippen LogP) is 0.0653. The smallest absolute Gasteiger partial charge is 0.151 e. The van der Waals surface area contributed by atoms with E-state index in [2.05, 4.69) is 5.32 Å². The molecule has 2 unspecified atom stereocenters. The summed E-state index contributed by atoms with van der Waals surface area (Å²) >= 11 is 0. The maximum absolute atomic E-state index is 11.2. The molecule has 1 saturated heterocycles. The van der Waals surface area contributed by atoms with E-state index in [4.69, 9.17) is 5.26 Å². The van der Waals surface area contributed by atoms with Gasteiger partial charge in [0, 0.05) is 6.04 Å². The van der Waals surface area contributed by atoms with Gasteiger partial charge in [0.15, 0.2) is 9.84 Å². The Labute approximate surface area is 78.9 Å². The van der Waals surface area contributed by atoms with Gasteiger partial charge in [-0.15, -0.1) is 0 Å². The van der Waals surface area contributed by atoms with Gasteiger partial charge in [-0.2, -0.15) is 5.26 Å². The zero-order valence-electron chi connectivity index (χ0n) is 7.66. The van der Waals surface area contributed by atoms with Crippen LogP contribution < -0.4 is 5.32 Å². The highest BCUT2D eigenvalue weighted by Gasteiger charge is 2.25. The lowest BCUT2D eigenvalue weighted by molar-refractivity contribution is 0.465. The molecular formula is C8H14N2O2S. The first-order valence-electron chi connectivity index (χ1n) is 4.39. The largest absolute Gasteiger partial charge is 0.298 e. The highest BCUT2D eigenvalue weighted by Crippen LogP contribution is 2.12. The van der Waals surface area contributed by atoms with Crippen LogP contribution in [0.4, 0.5) is 0 Å². The van der Waals surface area contributed by atoms with E-state index in [0.29, 0.717) is 12.2 Å². The highest BCUT2D eigenvalue weighted by molar-refractivity contribution is 7.91. The third kappa shape index (κ3) is 3.33. The normalized spacial score (nSPS) is 29.1. The van der Waals surface area contributed by atoms with Gasteiger partial charge in [0.25, 0.3) is 0 Å². The van der Waals surface area contributed by atoms with E-state index in [1.165, 1.54) is 0 Å². The van der Waals surface area contributed by atoms with Crippen LogP contribution in [0.3, 0.4) is 0 Å². The average Bonchev–Trinajstić information content (AvgIpc) is 2.02. The van der Waals surface area contributed by atoms with Gasteiger partial charge in [0.05, 0.1) is 23.6 Å². The second-order valence-electron chi connectivity index (χ2n) is 3.47. The topological polar surface area (TPSA) is 70.0 Å². The summed E-state index contributed by atoms with van der Waals surface area (Å²) in [6.45, 7) is 1.74. The van der Waals surface area contributed by atoms with Crippen LogP contribution in [0.15, 0.2) is 0 Å². The predicted molar refractivity (Wildman–Crippen MR) is 49.9 cm³/mol. The third-order valence-electron chi connectivity index (χ3n) is 2.14. The zero-order valence-corrected chi connectivity index (χ0v) is 8.47. The molecule has 0 aromatic rings. The fraction of sp³-hybridized carbons (Fsp3) is 0.875. The van der Waals surface area contributed by atoms with Crippen molar-refractivity contribution in [1.29, 1.82) is 5.26 Å². The Kier molecular flexibility index (Phi) is 3.28. The van der Waals surface area contributed by atoms with E-state index >= 15 is 0 Å². The SMILES string of the molecule is CC(C#N)NC1CCCS(=O)(=O)C1. The van der Waals surface area contributed by atoms with E-state index in [0.717, 1.165) is 6.42 Å². The third-order valence-corrected chi connectivity index (χ3v) is 3.96. The van der Waals surface area contributed by atoms with Crippen LogP contribution in [0.2, 0.25) is 0 Å². The molecule has 1 rings (SSSR count). The standard InChI is InChI=1S/C8H14N2O2S/c1-7(5-9)10-8-3-2-4-13(11,12)6-8/h7-8,10H,2-4,6H2,1H3. The van der Waals surface area contributed by atoms with Gasteiger partial charge >= 0.3 is 0 Å². The van der Waals surface area contributed by atoms with Gasteiger partial charge in [-0.05, 0) is 19.8 Å². The van der Waals surface area contributed by atoms with E-state index in [1.807, 2.05) is 6.07 Å². The molecule has 2 atom stereocenters. The molecule has 1 aliphatic heterocycles. The Morgan fingerprint density at radius 2 is 2.31 bits per heavy atom. The van der Waals surface area contributed by atoms with E-state index in [1.54, 1.807) is 6.92 Å². The van der Waals surface area contributed by atoms with Crippen molar-refractivity contribution in [3.8, 4) is 6.07 Å². The number of nitrogens with one attached hydrogen (secondary N) is 1. The van der Waals surface area contributed by atoms with Gasteiger partial charge in [-0.3, -0.25) is 5.32 Å². The average molecular weight is 202 g/mol. The Morgan fingerprint density at radius 3 is 2.85 bits per heavy atom. The van der Waals surface area contributed by atoms with Crippen LogP contribution in [0, 0.1) is 11.3 Å². The minimum absolute atomic E-state index is 0.0339. The summed E-state index contributed by atoms with van der Waals surface area (Å²) in [4.78, 5) is 0. The molecular weight excluding hydrogens is 188 g/mol. The molecule has 0 amide bonds. The monoisotopic (exact) mass is 202 g/mol. The fourth-order valence-corrected chi connectivity index (χ4v) is 3.19. The van der Waals surface area contributed by atoms with Gasteiger partial charge in [-0.25, -0.2) is 8.42 Å². The molecule has 0 aromatic heterocycles. The molecule has 13 heavy (non-hydrogen) atoms. The van der Waals surface area contributed by atoms with Crippen molar-refractivity contribution in [3.63, 3.8) is 0 Å². The molecule has 74 valence electrons. The summed E-state index contributed by atoms with van der Waals surface area (Å²) in [6, 6.07) is 1.73. The quantitative estimate of drug-likeness (QED) is 0.687. The number of sulfone groups is 1. The van der Waals surface area contributed by atoms with E-state index < -0.39 is 9.84 Å². The number of hydrogen-bond acceptors (Lipinski definition) is 4. The lowest BCUT2D eigenvalue weighted by Gasteiger charge is -2.23. The van der Waals surface area contributed by atoms with Gasteiger partial charge in [0.1, 0.15) is 0 Å². The first-order chi connectivity index (χ1) is 6.03. The molecule has 1 N–H and O–H groups in total. The van der Waals surface area contributed by atoms with Crippen LogP contribution in [-0.4, -0.2) is 32.0 Å². The van der Waals surface area contributed by atoms with Crippen molar-refractivity contribution >= 4 is 9.84 Å². The van der Waals surface area contributed by atoms with E-state index in [9.17, 15) is 8.42 Å². The number of nitriles is 1. The van der Waals surface area contributed by atoms with Crippen molar-refractivity contribution in [3.05, 3.63) is 0 Å². The summed E-state index contributed by atoms with van der Waals surface area (Å²) in [7, 11) is -2.86. The van der Waals surface area contributed by atoms with Crippen LogP contribution in [0.1, 0.15) is 19.8 Å². The molecule has 5 heteroatoms. The maximum Gasteiger partial charge on any atom is 0.151 e. The number of rotatable bonds is 2. The first kappa shape index (κ1) is 10.5. The number of hydrogen-bond donors (Lipinski definition) is 1. The minimum Gasteiger partial charge on any atom is -0.298 e. The number of nitrogens with zero attached hydrogens (tertiary/aromatic N) is 1. The lowest BCUT2D eigenvalue weighted by atomic mass is 10.1. The maximum atomic E-state index is 11.2. The minimum atomic E-state index is -2.86. The summed E-state index contributed by atoms with van der Waals surface area (Å²) in [6.07, 6.45) is 1.56. The Bertz CT molecular complexity index is 305. The Balaban J connectivity index is 2.49. The van der Waals surface area contributed by atoms with Gasteiger partial charge in [0.2, 0.25) is 0 Å². The highest BCUT2D eigenvalue weighted by atomic mass is 32.2. The molecule has 1 heterocycles. The molecule has 0 radical (unpaired) electrons. The van der Waals surface area contributed by atoms with Crippen molar-refractivity contribution in [1.82, 2.24) is 5.32 Å². The lowest BCUT2D eigenvalue weighted by Crippen LogP contribution is -2.43. The zero-order chi connectivity index (χ0) is 9.90. The molecule has 1 fully saturated rings. The van der Waals surface area contributed by atoms with Crippen molar-refractivity contribution in [2.45, 2.75) is 31.8 Å². The van der Waals surface area contributed by atoms with Crippen molar-refractivity contribution in [2.75, 3.05) is 11.5 Å². The van der Waals surface area contributed by atoms with Gasteiger partial charge < -0.3 is 0 Å². The molecule has 0 saturated carbocycles. The summed E-state index contributed by atoms with van der Waals surface area (Å²) in [5.74, 6) is 0.477. The molecule has 1 aliphatic rings. The summed E-state index contributed by atoms with van der Waals surface area (Å²) < 4.78 is 22.4. The summed E-state index contributed by atoms with van der Waals surface area (Å²) in [5, 5.41) is 11.5. The molecule has 4 nitrogen and oxygen atoms in total. The first-order valence-corrected chi connectivity index (χ1v) is 6.22. The van der Waals surface area contributed by atoms with Crippen LogP contribution >= 0.6 is 0 Å². The van der Waals surface area contributed by atoms with E-state index in [-0.39, 0.29) is 17.8 Å². The molecule has 0 aromatic carbocycles. The van der Waals surface area contributed by atoms with Crippen molar-refractivity contribution < 1.29 is 8.42 Å². The molecule has 0 spiro atoms. The molecule has 0 bridgehead atoms. The van der Waals surface area contributed by atoms with Gasteiger partial charge in [-0.1, -0.05) is 0 Å². The second kappa shape index (κ2) is 4.07. The second-order valence-corrected chi connectivity index (χ2v) is 5.70. The van der Waals surface area contributed by atoms with Crippen LogP contribution in [0.25, 0.3) is 0 Å². The van der Waals surface area contributed by atoms with Crippen molar-refractivity contribution in [2.24, 2.45) is 0 Å². The Hall–Kier alpha value is -0.600. The van der Waals surface area contributed by atoms with Crippen LogP contribution in [-0.2, 0) is 9.84 Å². The summed E-state index contributed by atoms with van der Waals surface area (Å²) in [5.41, 5.74) is 0.